The summed E-state index contributed by atoms with van der Waals surface area (Å²) in [5.74, 6) is 0. The molecule has 0 spiro atoms. The molecule has 100 valence electrons. The number of rotatable bonds is 7. The molecule has 1 aliphatic heterocycles. The summed E-state index contributed by atoms with van der Waals surface area (Å²) in [7, 11) is 0. The molecule has 1 aromatic rings. The fourth-order valence-corrected chi connectivity index (χ4v) is 3.83. The monoisotopic (exact) mass is 265 g/mol. The van der Waals surface area contributed by atoms with E-state index in [4.69, 9.17) is 5.11 Å². The zero-order chi connectivity index (χ0) is 12.8. The van der Waals surface area contributed by atoms with Gasteiger partial charge in [-0.3, -0.25) is 4.90 Å². The Labute approximate surface area is 114 Å². The first-order chi connectivity index (χ1) is 8.83. The Morgan fingerprint density at radius 3 is 2.89 bits per heavy atom. The van der Waals surface area contributed by atoms with Crippen molar-refractivity contribution in [2.45, 2.75) is 36.3 Å². The van der Waals surface area contributed by atoms with Gasteiger partial charge in [-0.1, -0.05) is 31.5 Å². The molecule has 0 saturated heterocycles. The predicted octanol–water partition coefficient (Wildman–Crippen LogP) is 2.80. The molecule has 0 saturated carbocycles. The Balaban J connectivity index is 1.86. The van der Waals surface area contributed by atoms with Crippen LogP contribution in [-0.4, -0.2) is 41.5 Å². The summed E-state index contributed by atoms with van der Waals surface area (Å²) < 4.78 is 0. The molecule has 1 unspecified atom stereocenters. The van der Waals surface area contributed by atoms with Gasteiger partial charge in [-0.25, -0.2) is 0 Å². The van der Waals surface area contributed by atoms with Crippen LogP contribution in [0.5, 0.6) is 0 Å². The van der Waals surface area contributed by atoms with Crippen molar-refractivity contribution >= 4 is 11.8 Å². The summed E-state index contributed by atoms with van der Waals surface area (Å²) in [6.45, 7) is 5.52. The highest BCUT2D eigenvalue weighted by Gasteiger charge is 2.23. The van der Waals surface area contributed by atoms with Crippen LogP contribution in [0.2, 0.25) is 0 Å². The Hall–Kier alpha value is -0.510. The summed E-state index contributed by atoms with van der Waals surface area (Å²) in [5, 5.41) is 9.79. The van der Waals surface area contributed by atoms with E-state index in [2.05, 4.69) is 36.1 Å². The lowest BCUT2D eigenvalue weighted by Crippen LogP contribution is -2.34. The summed E-state index contributed by atoms with van der Waals surface area (Å²) in [6.07, 6.45) is 3.62. The van der Waals surface area contributed by atoms with Crippen molar-refractivity contribution in [3.05, 3.63) is 29.8 Å². The van der Waals surface area contributed by atoms with E-state index in [1.165, 1.54) is 29.7 Å². The van der Waals surface area contributed by atoms with Crippen molar-refractivity contribution in [2.24, 2.45) is 0 Å². The first kappa shape index (κ1) is 13.9. The molecule has 1 N–H and O–H groups in total. The quantitative estimate of drug-likeness (QED) is 0.820. The van der Waals surface area contributed by atoms with Gasteiger partial charge < -0.3 is 5.11 Å². The number of aliphatic hydroxyl groups is 1. The van der Waals surface area contributed by atoms with Crippen molar-refractivity contribution in [3.63, 3.8) is 0 Å². The van der Waals surface area contributed by atoms with Crippen molar-refractivity contribution in [1.29, 1.82) is 0 Å². The lowest BCUT2D eigenvalue weighted by molar-refractivity contribution is 0.194. The van der Waals surface area contributed by atoms with Gasteiger partial charge in [-0.15, -0.1) is 11.8 Å². The standard InChI is InChI=1S/C15H23NOS/c1-2-3-8-16(9-10-17)12-14-11-13-6-4-5-7-15(13)18-14/h4-7,14,17H,2-3,8-12H2,1H3. The first-order valence-corrected chi connectivity index (χ1v) is 7.79. The molecular formula is C15H23NOS. The summed E-state index contributed by atoms with van der Waals surface area (Å²) in [4.78, 5) is 3.86. The lowest BCUT2D eigenvalue weighted by Gasteiger charge is -2.24. The predicted molar refractivity (Wildman–Crippen MR) is 78.2 cm³/mol. The number of fused-ring (bicyclic) bond motifs is 1. The molecule has 0 fully saturated rings. The third kappa shape index (κ3) is 3.74. The second-order valence-corrected chi connectivity index (χ2v) is 6.27. The third-order valence-electron chi connectivity index (χ3n) is 3.42. The van der Waals surface area contributed by atoms with E-state index in [9.17, 15) is 0 Å². The van der Waals surface area contributed by atoms with Crippen LogP contribution in [0, 0.1) is 0 Å². The van der Waals surface area contributed by atoms with E-state index in [-0.39, 0.29) is 6.61 Å². The maximum absolute atomic E-state index is 9.14. The zero-order valence-electron chi connectivity index (χ0n) is 11.1. The Morgan fingerprint density at radius 2 is 2.17 bits per heavy atom. The maximum atomic E-state index is 9.14. The number of hydrogen-bond donors (Lipinski definition) is 1. The molecule has 0 radical (unpaired) electrons. The summed E-state index contributed by atoms with van der Waals surface area (Å²) in [5.41, 5.74) is 1.49. The Kier molecular flexibility index (Phi) is 5.54. The van der Waals surface area contributed by atoms with Crippen LogP contribution in [0.3, 0.4) is 0 Å². The van der Waals surface area contributed by atoms with Crippen LogP contribution < -0.4 is 0 Å². The molecule has 0 aromatic heterocycles. The van der Waals surface area contributed by atoms with Crippen LogP contribution in [0.1, 0.15) is 25.3 Å². The summed E-state index contributed by atoms with van der Waals surface area (Å²) >= 11 is 2.00. The van der Waals surface area contributed by atoms with Crippen molar-refractivity contribution in [1.82, 2.24) is 4.90 Å². The first-order valence-electron chi connectivity index (χ1n) is 6.91. The molecule has 1 aromatic carbocycles. The minimum absolute atomic E-state index is 0.272. The van der Waals surface area contributed by atoms with E-state index in [1.54, 1.807) is 0 Å². The number of unbranched alkanes of at least 4 members (excludes halogenated alkanes) is 1. The molecule has 1 heterocycles. The van der Waals surface area contributed by atoms with Crippen LogP contribution >= 0.6 is 11.8 Å². The van der Waals surface area contributed by atoms with E-state index < -0.39 is 0 Å². The molecule has 1 atom stereocenters. The van der Waals surface area contributed by atoms with E-state index >= 15 is 0 Å². The minimum Gasteiger partial charge on any atom is -0.395 e. The van der Waals surface area contributed by atoms with Gasteiger partial charge in [0.15, 0.2) is 0 Å². The van der Waals surface area contributed by atoms with Gasteiger partial charge in [0.05, 0.1) is 6.61 Å². The van der Waals surface area contributed by atoms with Gasteiger partial charge in [0, 0.05) is 23.2 Å². The van der Waals surface area contributed by atoms with Gasteiger partial charge >= 0.3 is 0 Å². The van der Waals surface area contributed by atoms with Gasteiger partial charge in [0.1, 0.15) is 0 Å². The molecule has 1 aliphatic rings. The molecule has 0 aliphatic carbocycles. The topological polar surface area (TPSA) is 23.5 Å². The van der Waals surface area contributed by atoms with E-state index in [1.807, 2.05) is 11.8 Å². The molecule has 3 heteroatoms. The van der Waals surface area contributed by atoms with Crippen molar-refractivity contribution in [3.8, 4) is 0 Å². The molecule has 0 amide bonds. The molecule has 0 bridgehead atoms. The van der Waals surface area contributed by atoms with Crippen LogP contribution in [0.4, 0.5) is 0 Å². The normalized spacial score (nSPS) is 18.3. The minimum atomic E-state index is 0.272. The largest absolute Gasteiger partial charge is 0.395 e. The highest BCUT2D eigenvalue weighted by atomic mass is 32.2. The SMILES string of the molecule is CCCCN(CCO)CC1Cc2ccccc2S1. The smallest absolute Gasteiger partial charge is 0.0558 e. The number of thioether (sulfide) groups is 1. The third-order valence-corrected chi connectivity index (χ3v) is 4.72. The van der Waals surface area contributed by atoms with Gasteiger partial charge in [-0.05, 0) is 31.0 Å². The highest BCUT2D eigenvalue weighted by molar-refractivity contribution is 8.00. The van der Waals surface area contributed by atoms with Gasteiger partial charge in [0.25, 0.3) is 0 Å². The van der Waals surface area contributed by atoms with Gasteiger partial charge in [-0.2, -0.15) is 0 Å². The maximum Gasteiger partial charge on any atom is 0.0558 e. The fraction of sp³-hybridized carbons (Fsp3) is 0.600. The van der Waals surface area contributed by atoms with Crippen molar-refractivity contribution in [2.75, 3.05) is 26.2 Å². The molecule has 2 nitrogen and oxygen atoms in total. The highest BCUT2D eigenvalue weighted by Crippen LogP contribution is 2.36. The Morgan fingerprint density at radius 1 is 1.33 bits per heavy atom. The van der Waals surface area contributed by atoms with Crippen LogP contribution in [0.25, 0.3) is 0 Å². The summed E-state index contributed by atoms with van der Waals surface area (Å²) in [6, 6.07) is 8.72. The van der Waals surface area contributed by atoms with E-state index in [0.717, 1.165) is 19.6 Å². The second-order valence-electron chi connectivity index (χ2n) is 4.93. The number of aliphatic hydroxyl groups excluding tert-OH is 1. The average Bonchev–Trinajstić information content (AvgIpc) is 2.78. The fourth-order valence-electron chi connectivity index (χ4n) is 2.46. The van der Waals surface area contributed by atoms with E-state index in [0.29, 0.717) is 5.25 Å². The van der Waals surface area contributed by atoms with Crippen LogP contribution in [0.15, 0.2) is 29.2 Å². The van der Waals surface area contributed by atoms with Gasteiger partial charge in [0.2, 0.25) is 0 Å². The number of nitrogens with zero attached hydrogens (tertiary/aromatic N) is 1. The second kappa shape index (κ2) is 7.17. The Bertz CT molecular complexity index is 344. The molecule has 2 rings (SSSR count). The average molecular weight is 265 g/mol. The number of benzene rings is 1. The zero-order valence-corrected chi connectivity index (χ0v) is 12.0. The van der Waals surface area contributed by atoms with Crippen LogP contribution in [-0.2, 0) is 6.42 Å². The molecule has 18 heavy (non-hydrogen) atoms. The number of hydrogen-bond acceptors (Lipinski definition) is 3. The lowest BCUT2D eigenvalue weighted by atomic mass is 10.1. The van der Waals surface area contributed by atoms with Crippen molar-refractivity contribution < 1.29 is 5.11 Å². The molecular weight excluding hydrogens is 242 g/mol.